The van der Waals surface area contributed by atoms with Crippen LogP contribution in [0.5, 0.6) is 0 Å². The topological polar surface area (TPSA) is 54.7 Å². The normalized spacial score (nSPS) is 26.1. The van der Waals surface area contributed by atoms with Gasteiger partial charge in [-0.2, -0.15) is 13.2 Å². The number of halogens is 3. The van der Waals surface area contributed by atoms with Crippen LogP contribution in [0.3, 0.4) is 0 Å². The van der Waals surface area contributed by atoms with E-state index in [-0.39, 0.29) is 5.56 Å². The maximum Gasteiger partial charge on any atom is 0.418 e. The number of aliphatic imine (C=N–C) groups is 1. The number of benzene rings is 1. The molecule has 0 amide bonds. The minimum atomic E-state index is -4.69. The summed E-state index contributed by atoms with van der Waals surface area (Å²) >= 11 is 1.47. The monoisotopic (exact) mass is 574 g/mol. The fourth-order valence-corrected chi connectivity index (χ4v) is 7.60. The molecule has 2 bridgehead atoms. The van der Waals surface area contributed by atoms with Crippen LogP contribution in [0.15, 0.2) is 41.4 Å². The molecule has 0 radical (unpaired) electrons. The molecule has 0 spiro atoms. The summed E-state index contributed by atoms with van der Waals surface area (Å²) in [7, 11) is 0. The number of rotatable bonds is 8. The molecular weight excluding hydrogens is 533 g/mol. The smallest absolute Gasteiger partial charge is 0.387 e. The summed E-state index contributed by atoms with van der Waals surface area (Å²) in [5.74, 6) is 2.47. The average molecular weight is 575 g/mol. The highest BCUT2D eigenvalue weighted by molar-refractivity contribution is 7.13. The highest BCUT2D eigenvalue weighted by Gasteiger charge is 2.50. The van der Waals surface area contributed by atoms with Gasteiger partial charge in [-0.25, -0.2) is 4.98 Å². The summed E-state index contributed by atoms with van der Waals surface area (Å²) in [6.45, 7) is 9.98. The summed E-state index contributed by atoms with van der Waals surface area (Å²) in [5, 5.41) is 13.3. The van der Waals surface area contributed by atoms with Gasteiger partial charge >= 0.3 is 6.18 Å². The van der Waals surface area contributed by atoms with Gasteiger partial charge < -0.3 is 9.84 Å². The van der Waals surface area contributed by atoms with E-state index in [2.05, 4.69) is 17.6 Å². The molecular formula is C32H41F3N2O2S. The number of hydrogen-bond donors (Lipinski definition) is 1. The number of aliphatic hydroxyl groups is 1. The molecule has 1 aliphatic heterocycles. The molecule has 1 aromatic carbocycles. The second-order valence-electron chi connectivity index (χ2n) is 13.0. The minimum Gasteiger partial charge on any atom is -0.387 e. The van der Waals surface area contributed by atoms with E-state index in [1.165, 1.54) is 57.9 Å². The van der Waals surface area contributed by atoms with Gasteiger partial charge in [-0.05, 0) is 108 Å². The Labute approximate surface area is 239 Å². The van der Waals surface area contributed by atoms with Crippen molar-refractivity contribution in [1.82, 2.24) is 4.98 Å². The summed E-state index contributed by atoms with van der Waals surface area (Å²) < 4.78 is 50.0. The Morgan fingerprint density at radius 3 is 2.55 bits per heavy atom. The average Bonchev–Trinajstić information content (AvgIpc) is 3.43. The molecule has 2 aromatic rings. The number of alkyl halides is 3. The largest absolute Gasteiger partial charge is 0.418 e. The molecule has 4 nitrogen and oxygen atoms in total. The summed E-state index contributed by atoms with van der Waals surface area (Å²) in [5.41, 5.74) is 0.0516. The first-order valence-corrected chi connectivity index (χ1v) is 15.4. The summed E-state index contributed by atoms with van der Waals surface area (Å²) in [6, 6.07) is 3.25. The summed E-state index contributed by atoms with van der Waals surface area (Å²) in [4.78, 5) is 9.54. The first-order chi connectivity index (χ1) is 18.8. The van der Waals surface area contributed by atoms with Crippen LogP contribution < -0.4 is 0 Å². The zero-order valence-corrected chi connectivity index (χ0v) is 24.7. The maximum absolute atomic E-state index is 14.7. The molecule has 5 atom stereocenters. The number of ether oxygens (including phenoxy) is 1. The lowest BCUT2D eigenvalue weighted by Crippen LogP contribution is -2.49. The SMILES string of the molecule is C=CC1CC2CC(CC3=Nc4c(C(OC(C)(C)C(C)(C)O)C(F)(F)F)ccc(-c5nccs5)c4CCC3)CC1C2. The predicted molar refractivity (Wildman–Crippen MR) is 155 cm³/mol. The second-order valence-corrected chi connectivity index (χ2v) is 13.9. The summed E-state index contributed by atoms with van der Waals surface area (Å²) in [6.07, 6.45) is 4.74. The van der Waals surface area contributed by atoms with E-state index in [9.17, 15) is 18.3 Å². The predicted octanol–water partition coefficient (Wildman–Crippen LogP) is 9.02. The maximum atomic E-state index is 14.7. The van der Waals surface area contributed by atoms with E-state index >= 15 is 0 Å². The number of allylic oxidation sites excluding steroid dienone is 1. The van der Waals surface area contributed by atoms with Crippen LogP contribution in [0.4, 0.5) is 18.9 Å². The number of nitrogens with zero attached hydrogens (tertiary/aromatic N) is 2. The van der Waals surface area contributed by atoms with Crippen molar-refractivity contribution in [2.45, 2.75) is 103 Å². The highest BCUT2D eigenvalue weighted by atomic mass is 32.1. The molecule has 1 aromatic heterocycles. The standard InChI is InChI=1S/C32H41F3N2O2S/c1-6-21-15-19-14-20(17-22(21)16-19)18-23-8-7-9-24-25(29-36-12-13-40-29)10-11-26(27(24)37-23)28(32(33,34)35)39-31(4,5)30(2,3)38/h6,10-13,19-22,28,38H,1,7-9,14-18H2,2-5H3. The van der Waals surface area contributed by atoms with Crippen LogP contribution in [0.1, 0.15) is 89.9 Å². The van der Waals surface area contributed by atoms with Crippen LogP contribution in [0.2, 0.25) is 0 Å². The molecule has 40 heavy (non-hydrogen) atoms. The lowest BCUT2D eigenvalue weighted by Gasteiger charge is -2.40. The molecule has 2 fully saturated rings. The van der Waals surface area contributed by atoms with E-state index in [4.69, 9.17) is 9.73 Å². The number of thiazole rings is 1. The van der Waals surface area contributed by atoms with Crippen molar-refractivity contribution in [3.05, 3.63) is 47.5 Å². The van der Waals surface area contributed by atoms with Crippen LogP contribution in [0.25, 0.3) is 10.6 Å². The Balaban J connectivity index is 1.57. The van der Waals surface area contributed by atoms with Crippen LogP contribution in [0, 0.1) is 23.7 Å². The zero-order valence-electron chi connectivity index (χ0n) is 23.9. The third-order valence-corrected chi connectivity index (χ3v) is 10.4. The molecule has 2 heterocycles. The van der Waals surface area contributed by atoms with E-state index in [1.807, 2.05) is 5.38 Å². The van der Waals surface area contributed by atoms with E-state index in [0.717, 1.165) is 54.0 Å². The van der Waals surface area contributed by atoms with Gasteiger partial charge in [-0.3, -0.25) is 4.99 Å². The molecule has 0 saturated heterocycles. The first kappa shape index (κ1) is 29.5. The number of hydrogen-bond acceptors (Lipinski definition) is 5. The molecule has 1 N–H and O–H groups in total. The molecule has 5 rings (SSSR count). The van der Waals surface area contributed by atoms with E-state index in [0.29, 0.717) is 35.8 Å². The number of aromatic nitrogens is 1. The van der Waals surface area contributed by atoms with E-state index < -0.39 is 23.5 Å². The molecule has 3 aliphatic rings. The lowest BCUT2D eigenvalue weighted by molar-refractivity contribution is -0.276. The Morgan fingerprint density at radius 2 is 1.90 bits per heavy atom. The van der Waals surface area contributed by atoms with Gasteiger partial charge in [0.1, 0.15) is 5.01 Å². The van der Waals surface area contributed by atoms with Crippen molar-refractivity contribution in [1.29, 1.82) is 0 Å². The first-order valence-electron chi connectivity index (χ1n) is 14.5. The van der Waals surface area contributed by atoms with Crippen molar-refractivity contribution < 1.29 is 23.0 Å². The highest BCUT2D eigenvalue weighted by Crippen LogP contribution is 2.51. The Kier molecular flexibility index (Phi) is 8.10. The van der Waals surface area contributed by atoms with Gasteiger partial charge in [0.25, 0.3) is 0 Å². The minimum absolute atomic E-state index is 0.00923. The van der Waals surface area contributed by atoms with Crippen molar-refractivity contribution in [2.75, 3.05) is 0 Å². The van der Waals surface area contributed by atoms with Crippen molar-refractivity contribution in [3.8, 4) is 10.6 Å². The molecule has 2 saturated carbocycles. The Hall–Kier alpha value is -2.03. The zero-order chi connectivity index (χ0) is 28.9. The van der Waals surface area contributed by atoms with Crippen LogP contribution >= 0.6 is 11.3 Å². The fraction of sp³-hybridized carbons (Fsp3) is 0.625. The van der Waals surface area contributed by atoms with E-state index in [1.54, 1.807) is 12.3 Å². The molecule has 8 heteroatoms. The second kappa shape index (κ2) is 11.0. The van der Waals surface area contributed by atoms with Crippen LogP contribution in [-0.2, 0) is 11.2 Å². The lowest BCUT2D eigenvalue weighted by atomic mass is 9.77. The van der Waals surface area contributed by atoms with Crippen molar-refractivity contribution >= 4 is 22.7 Å². The van der Waals surface area contributed by atoms with Gasteiger partial charge in [0.15, 0.2) is 6.10 Å². The van der Waals surface area contributed by atoms with Gasteiger partial charge in [0, 0.05) is 28.4 Å². The van der Waals surface area contributed by atoms with Crippen molar-refractivity contribution in [2.24, 2.45) is 28.7 Å². The van der Waals surface area contributed by atoms with Gasteiger partial charge in [0.2, 0.25) is 0 Å². The van der Waals surface area contributed by atoms with Gasteiger partial charge in [0.05, 0.1) is 16.9 Å². The van der Waals surface area contributed by atoms with Gasteiger partial charge in [-0.15, -0.1) is 17.9 Å². The quantitative estimate of drug-likeness (QED) is 0.320. The third-order valence-electron chi connectivity index (χ3n) is 9.58. The number of fused-ring (bicyclic) bond motifs is 3. The molecule has 2 aliphatic carbocycles. The molecule has 218 valence electrons. The van der Waals surface area contributed by atoms with Gasteiger partial charge in [-0.1, -0.05) is 18.2 Å². The Bertz CT molecular complexity index is 1250. The third kappa shape index (κ3) is 5.95. The molecule has 5 unspecified atom stereocenters. The van der Waals surface area contributed by atoms with Crippen molar-refractivity contribution in [3.63, 3.8) is 0 Å². The Morgan fingerprint density at radius 1 is 1.12 bits per heavy atom. The fourth-order valence-electron chi connectivity index (χ4n) is 6.91. The van der Waals surface area contributed by atoms with Crippen LogP contribution in [-0.4, -0.2) is 33.2 Å².